The molecule has 0 spiro atoms. The number of aryl methyl sites for hydroxylation is 1. The van der Waals surface area contributed by atoms with E-state index in [-0.39, 0.29) is 12.3 Å². The van der Waals surface area contributed by atoms with Gasteiger partial charge in [0.2, 0.25) is 11.8 Å². The largest absolute Gasteiger partial charge is 0.494 e. The molecule has 0 aliphatic heterocycles. The molecule has 0 unspecified atom stereocenters. The fraction of sp³-hybridized carbons (Fsp3) is 0.273. The molecular formula is C22H24N2O3. The molecule has 27 heavy (non-hydrogen) atoms. The number of hydrogen-bond acceptors (Lipinski definition) is 4. The number of benzene rings is 2. The second-order valence-corrected chi connectivity index (χ2v) is 6.21. The molecule has 5 nitrogen and oxygen atoms in total. The molecule has 1 aromatic heterocycles. The number of hydrogen-bond donors (Lipinski definition) is 1. The number of rotatable bonds is 8. The van der Waals surface area contributed by atoms with Crippen molar-refractivity contribution < 1.29 is 13.9 Å². The zero-order chi connectivity index (χ0) is 19.1. The van der Waals surface area contributed by atoms with Gasteiger partial charge in [-0.05, 0) is 44.0 Å². The maximum atomic E-state index is 12.3. The van der Waals surface area contributed by atoms with Crippen LogP contribution >= 0.6 is 0 Å². The van der Waals surface area contributed by atoms with E-state index < -0.39 is 0 Å². The second kappa shape index (κ2) is 9.03. The minimum Gasteiger partial charge on any atom is -0.494 e. The van der Waals surface area contributed by atoms with Crippen LogP contribution in [0.15, 0.2) is 59.0 Å². The van der Waals surface area contributed by atoms with Crippen molar-refractivity contribution in [3.05, 3.63) is 71.6 Å². The van der Waals surface area contributed by atoms with Crippen LogP contribution in [0.1, 0.15) is 23.9 Å². The van der Waals surface area contributed by atoms with Crippen LogP contribution in [0.25, 0.3) is 11.5 Å². The molecule has 2 aromatic carbocycles. The van der Waals surface area contributed by atoms with Gasteiger partial charge in [0.1, 0.15) is 11.5 Å². The van der Waals surface area contributed by atoms with Crippen LogP contribution in [0.3, 0.4) is 0 Å². The molecule has 1 heterocycles. The molecule has 1 amide bonds. The number of amides is 1. The minimum atomic E-state index is -0.0695. The first-order chi connectivity index (χ1) is 13.2. The van der Waals surface area contributed by atoms with Crippen LogP contribution in [0, 0.1) is 6.92 Å². The van der Waals surface area contributed by atoms with Crippen molar-refractivity contribution in [1.82, 2.24) is 10.3 Å². The van der Waals surface area contributed by atoms with Gasteiger partial charge in [0.25, 0.3) is 0 Å². The summed E-state index contributed by atoms with van der Waals surface area (Å²) in [6.45, 7) is 4.97. The highest BCUT2D eigenvalue weighted by atomic mass is 16.5. The number of nitrogens with zero attached hydrogens (tertiary/aromatic N) is 1. The SMILES string of the molecule is CCOc1ccccc1CCNC(=O)Cc1nc(-c2ccccc2)oc1C. The summed E-state index contributed by atoms with van der Waals surface area (Å²) >= 11 is 0. The third-order valence-corrected chi connectivity index (χ3v) is 4.23. The molecule has 3 rings (SSSR count). The van der Waals surface area contributed by atoms with Gasteiger partial charge in [0.15, 0.2) is 0 Å². The summed E-state index contributed by atoms with van der Waals surface area (Å²) in [4.78, 5) is 16.8. The third-order valence-electron chi connectivity index (χ3n) is 4.23. The fourth-order valence-electron chi connectivity index (χ4n) is 2.85. The number of aromatic nitrogens is 1. The van der Waals surface area contributed by atoms with Crippen molar-refractivity contribution in [1.29, 1.82) is 0 Å². The molecule has 1 N–H and O–H groups in total. The first-order valence-corrected chi connectivity index (χ1v) is 9.16. The highest BCUT2D eigenvalue weighted by molar-refractivity contribution is 5.78. The van der Waals surface area contributed by atoms with Crippen LogP contribution in [0.5, 0.6) is 5.75 Å². The van der Waals surface area contributed by atoms with Crippen molar-refractivity contribution in [2.45, 2.75) is 26.7 Å². The summed E-state index contributed by atoms with van der Waals surface area (Å²) < 4.78 is 11.3. The quantitative estimate of drug-likeness (QED) is 0.657. The first-order valence-electron chi connectivity index (χ1n) is 9.16. The lowest BCUT2D eigenvalue weighted by molar-refractivity contribution is -0.120. The van der Waals surface area contributed by atoms with E-state index in [0.29, 0.717) is 30.5 Å². The van der Waals surface area contributed by atoms with Crippen LogP contribution in [-0.2, 0) is 17.6 Å². The number of para-hydroxylation sites is 1. The maximum absolute atomic E-state index is 12.3. The molecule has 0 aliphatic rings. The number of oxazole rings is 1. The summed E-state index contributed by atoms with van der Waals surface area (Å²) in [6.07, 6.45) is 0.921. The highest BCUT2D eigenvalue weighted by Gasteiger charge is 2.14. The second-order valence-electron chi connectivity index (χ2n) is 6.21. The van der Waals surface area contributed by atoms with Crippen molar-refractivity contribution >= 4 is 5.91 Å². The first kappa shape index (κ1) is 18.7. The predicted molar refractivity (Wildman–Crippen MR) is 105 cm³/mol. The van der Waals surface area contributed by atoms with E-state index in [1.807, 2.05) is 68.4 Å². The molecule has 0 radical (unpaired) electrons. The number of carbonyl (C=O) groups is 1. The van der Waals surface area contributed by atoms with E-state index in [1.165, 1.54) is 0 Å². The van der Waals surface area contributed by atoms with Gasteiger partial charge in [0, 0.05) is 12.1 Å². The Morgan fingerprint density at radius 3 is 2.63 bits per heavy atom. The molecule has 3 aromatic rings. The monoisotopic (exact) mass is 364 g/mol. The summed E-state index contributed by atoms with van der Waals surface area (Å²) in [6, 6.07) is 17.6. The summed E-state index contributed by atoms with van der Waals surface area (Å²) in [5, 5.41) is 2.95. The molecule has 5 heteroatoms. The molecule has 0 saturated carbocycles. The van der Waals surface area contributed by atoms with Gasteiger partial charge in [-0.3, -0.25) is 4.79 Å². The lowest BCUT2D eigenvalue weighted by Gasteiger charge is -2.10. The Hall–Kier alpha value is -3.08. The molecule has 140 valence electrons. The van der Waals surface area contributed by atoms with Gasteiger partial charge in [-0.1, -0.05) is 36.4 Å². The van der Waals surface area contributed by atoms with E-state index in [0.717, 1.165) is 23.3 Å². The van der Waals surface area contributed by atoms with Crippen LogP contribution in [0.4, 0.5) is 0 Å². The van der Waals surface area contributed by atoms with E-state index in [1.54, 1.807) is 0 Å². The Labute approximate surface area is 159 Å². The Morgan fingerprint density at radius 1 is 1.11 bits per heavy atom. The van der Waals surface area contributed by atoms with Gasteiger partial charge in [-0.25, -0.2) is 4.98 Å². The lowest BCUT2D eigenvalue weighted by Crippen LogP contribution is -2.27. The van der Waals surface area contributed by atoms with Gasteiger partial charge in [-0.15, -0.1) is 0 Å². The smallest absolute Gasteiger partial charge is 0.226 e. The van der Waals surface area contributed by atoms with Gasteiger partial charge >= 0.3 is 0 Å². The van der Waals surface area contributed by atoms with E-state index >= 15 is 0 Å². The normalized spacial score (nSPS) is 10.6. The van der Waals surface area contributed by atoms with E-state index in [4.69, 9.17) is 9.15 Å². The number of nitrogens with one attached hydrogen (secondary N) is 1. The topological polar surface area (TPSA) is 64.4 Å². The lowest BCUT2D eigenvalue weighted by atomic mass is 10.1. The standard InChI is InChI=1S/C22H24N2O3/c1-3-26-20-12-8-7-9-17(20)13-14-23-21(25)15-19-16(2)27-22(24-19)18-10-5-4-6-11-18/h4-12H,3,13-15H2,1-2H3,(H,23,25). The Morgan fingerprint density at radius 2 is 1.85 bits per heavy atom. The molecule has 0 saturated heterocycles. The Balaban J connectivity index is 1.55. The Kier molecular flexibility index (Phi) is 6.26. The van der Waals surface area contributed by atoms with Gasteiger partial charge in [0.05, 0.1) is 18.7 Å². The van der Waals surface area contributed by atoms with E-state index in [9.17, 15) is 4.79 Å². The highest BCUT2D eigenvalue weighted by Crippen LogP contribution is 2.21. The minimum absolute atomic E-state index is 0.0695. The molecule has 0 bridgehead atoms. The van der Waals surface area contributed by atoms with Gasteiger partial charge < -0.3 is 14.5 Å². The van der Waals surface area contributed by atoms with Crippen molar-refractivity contribution in [2.75, 3.05) is 13.2 Å². The number of ether oxygens (including phenoxy) is 1. The zero-order valence-corrected chi connectivity index (χ0v) is 15.7. The van der Waals surface area contributed by atoms with Crippen LogP contribution < -0.4 is 10.1 Å². The maximum Gasteiger partial charge on any atom is 0.226 e. The van der Waals surface area contributed by atoms with Crippen molar-refractivity contribution in [3.8, 4) is 17.2 Å². The molecule has 0 fully saturated rings. The number of carbonyl (C=O) groups excluding carboxylic acids is 1. The third kappa shape index (κ3) is 4.97. The van der Waals surface area contributed by atoms with Crippen molar-refractivity contribution in [2.24, 2.45) is 0 Å². The Bertz CT molecular complexity index is 888. The summed E-state index contributed by atoms with van der Waals surface area (Å²) in [7, 11) is 0. The fourth-order valence-corrected chi connectivity index (χ4v) is 2.85. The average molecular weight is 364 g/mol. The van der Waals surface area contributed by atoms with Crippen LogP contribution in [0.2, 0.25) is 0 Å². The zero-order valence-electron chi connectivity index (χ0n) is 15.7. The predicted octanol–water partition coefficient (Wildman–Crippen LogP) is 3.95. The summed E-state index contributed by atoms with van der Waals surface area (Å²) in [5.41, 5.74) is 2.66. The molecule has 0 atom stereocenters. The summed E-state index contributed by atoms with van der Waals surface area (Å²) in [5.74, 6) is 2.02. The van der Waals surface area contributed by atoms with Crippen LogP contribution in [-0.4, -0.2) is 24.0 Å². The molecule has 0 aliphatic carbocycles. The van der Waals surface area contributed by atoms with E-state index in [2.05, 4.69) is 10.3 Å². The van der Waals surface area contributed by atoms with Crippen molar-refractivity contribution in [3.63, 3.8) is 0 Å². The average Bonchev–Trinajstić information content (AvgIpc) is 3.04. The van der Waals surface area contributed by atoms with Gasteiger partial charge in [-0.2, -0.15) is 0 Å². The molecular weight excluding hydrogens is 340 g/mol.